The zero-order valence-corrected chi connectivity index (χ0v) is 12.9. The number of ether oxygens (including phenoxy) is 1. The summed E-state index contributed by atoms with van der Waals surface area (Å²) in [7, 11) is 0. The number of nitrogens with one attached hydrogen (secondary N) is 1. The van der Waals surface area contributed by atoms with Gasteiger partial charge in [-0.2, -0.15) is 0 Å². The SMILES string of the molecule is CCCC(CCO)CNC1CCN(C(=O)OCC)CC1. The van der Waals surface area contributed by atoms with Gasteiger partial charge in [-0.1, -0.05) is 13.3 Å². The number of aliphatic hydroxyl groups is 1. The molecule has 0 spiro atoms. The highest BCUT2D eigenvalue weighted by Crippen LogP contribution is 2.14. The molecule has 118 valence electrons. The Hall–Kier alpha value is -0.810. The van der Waals surface area contributed by atoms with E-state index in [4.69, 9.17) is 9.84 Å². The van der Waals surface area contributed by atoms with Gasteiger partial charge in [0.05, 0.1) is 6.61 Å². The second-order valence-corrected chi connectivity index (χ2v) is 5.54. The predicted molar refractivity (Wildman–Crippen MR) is 79.7 cm³/mol. The minimum atomic E-state index is -0.185. The van der Waals surface area contributed by atoms with Gasteiger partial charge < -0.3 is 20.1 Å². The van der Waals surface area contributed by atoms with Crippen molar-refractivity contribution in [1.29, 1.82) is 0 Å². The summed E-state index contributed by atoms with van der Waals surface area (Å²) < 4.78 is 5.02. The lowest BCUT2D eigenvalue weighted by atomic mass is 9.98. The average Bonchev–Trinajstić information content (AvgIpc) is 2.46. The van der Waals surface area contributed by atoms with Crippen molar-refractivity contribution in [1.82, 2.24) is 10.2 Å². The Bertz CT molecular complexity index is 260. The number of carbonyl (C=O) groups is 1. The quantitative estimate of drug-likeness (QED) is 0.716. The fourth-order valence-corrected chi connectivity index (χ4v) is 2.75. The first-order valence-electron chi connectivity index (χ1n) is 7.97. The van der Waals surface area contributed by atoms with Crippen molar-refractivity contribution in [2.24, 2.45) is 5.92 Å². The maximum Gasteiger partial charge on any atom is 0.409 e. The van der Waals surface area contributed by atoms with Crippen LogP contribution >= 0.6 is 0 Å². The first-order valence-corrected chi connectivity index (χ1v) is 7.97. The lowest BCUT2D eigenvalue weighted by Gasteiger charge is -2.32. The van der Waals surface area contributed by atoms with Gasteiger partial charge in [-0.3, -0.25) is 0 Å². The van der Waals surface area contributed by atoms with Crippen molar-refractivity contribution >= 4 is 6.09 Å². The summed E-state index contributed by atoms with van der Waals surface area (Å²) in [6, 6.07) is 0.485. The molecule has 0 saturated carbocycles. The summed E-state index contributed by atoms with van der Waals surface area (Å²) in [5, 5.41) is 12.7. The zero-order valence-electron chi connectivity index (χ0n) is 12.9. The molecule has 1 heterocycles. The molecule has 2 N–H and O–H groups in total. The second-order valence-electron chi connectivity index (χ2n) is 5.54. The molecule has 1 amide bonds. The maximum atomic E-state index is 11.6. The van der Waals surface area contributed by atoms with Crippen LogP contribution in [0.3, 0.4) is 0 Å². The van der Waals surface area contributed by atoms with Gasteiger partial charge in [0.25, 0.3) is 0 Å². The summed E-state index contributed by atoms with van der Waals surface area (Å²) in [5.74, 6) is 0.563. The Morgan fingerprint density at radius 2 is 2.05 bits per heavy atom. The van der Waals surface area contributed by atoms with Gasteiger partial charge in [0.15, 0.2) is 0 Å². The summed E-state index contributed by atoms with van der Waals surface area (Å²) in [4.78, 5) is 13.4. The number of rotatable bonds is 8. The van der Waals surface area contributed by atoms with E-state index in [9.17, 15) is 4.79 Å². The van der Waals surface area contributed by atoms with Crippen LogP contribution in [-0.4, -0.2) is 55.0 Å². The van der Waals surface area contributed by atoms with Gasteiger partial charge in [0.1, 0.15) is 0 Å². The third kappa shape index (κ3) is 6.09. The van der Waals surface area contributed by atoms with Crippen LogP contribution in [0.25, 0.3) is 0 Å². The summed E-state index contributed by atoms with van der Waals surface area (Å²) in [5.41, 5.74) is 0. The van der Waals surface area contributed by atoms with Gasteiger partial charge in [0, 0.05) is 25.7 Å². The van der Waals surface area contributed by atoms with Crippen molar-refractivity contribution in [3.8, 4) is 0 Å². The van der Waals surface area contributed by atoms with Crippen LogP contribution in [-0.2, 0) is 4.74 Å². The van der Waals surface area contributed by atoms with Crippen LogP contribution in [0.1, 0.15) is 46.0 Å². The fraction of sp³-hybridized carbons (Fsp3) is 0.933. The Morgan fingerprint density at radius 3 is 2.60 bits per heavy atom. The molecule has 1 unspecified atom stereocenters. The van der Waals surface area contributed by atoms with Crippen molar-refractivity contribution in [2.75, 3.05) is 32.8 Å². The van der Waals surface area contributed by atoms with E-state index in [1.165, 1.54) is 0 Å². The first-order chi connectivity index (χ1) is 9.71. The van der Waals surface area contributed by atoms with Crippen molar-refractivity contribution in [2.45, 2.75) is 52.0 Å². The van der Waals surface area contributed by atoms with Gasteiger partial charge in [-0.05, 0) is 45.1 Å². The molecule has 5 nitrogen and oxygen atoms in total. The normalized spacial score (nSPS) is 18.1. The smallest absolute Gasteiger partial charge is 0.409 e. The Morgan fingerprint density at radius 1 is 1.35 bits per heavy atom. The van der Waals surface area contributed by atoms with Gasteiger partial charge >= 0.3 is 6.09 Å². The topological polar surface area (TPSA) is 61.8 Å². The molecule has 0 aromatic heterocycles. The third-order valence-electron chi connectivity index (χ3n) is 3.95. The molecular weight excluding hydrogens is 256 g/mol. The lowest BCUT2D eigenvalue weighted by molar-refractivity contribution is 0.0945. The van der Waals surface area contributed by atoms with E-state index in [1.807, 2.05) is 6.92 Å². The number of piperidine rings is 1. The minimum absolute atomic E-state index is 0.185. The van der Waals surface area contributed by atoms with Gasteiger partial charge in [-0.15, -0.1) is 0 Å². The van der Waals surface area contributed by atoms with E-state index < -0.39 is 0 Å². The molecular formula is C15H30N2O3. The molecule has 1 saturated heterocycles. The number of aliphatic hydroxyl groups excluding tert-OH is 1. The highest BCUT2D eigenvalue weighted by atomic mass is 16.6. The Kier molecular flexibility index (Phi) is 8.62. The van der Waals surface area contributed by atoms with Crippen LogP contribution in [0.2, 0.25) is 0 Å². The van der Waals surface area contributed by atoms with Gasteiger partial charge in [-0.25, -0.2) is 4.79 Å². The molecule has 5 heteroatoms. The monoisotopic (exact) mass is 286 g/mol. The number of amides is 1. The standard InChI is InChI=1S/C15H30N2O3/c1-3-5-13(8-11-18)12-16-14-6-9-17(10-7-14)15(19)20-4-2/h13-14,16,18H,3-12H2,1-2H3. The van der Waals surface area contributed by atoms with E-state index >= 15 is 0 Å². The van der Waals surface area contributed by atoms with Crippen LogP contribution in [0.4, 0.5) is 4.79 Å². The molecule has 1 fully saturated rings. The van der Waals surface area contributed by atoms with Crippen LogP contribution < -0.4 is 5.32 Å². The van der Waals surface area contributed by atoms with Crippen molar-refractivity contribution in [3.63, 3.8) is 0 Å². The first kappa shape index (κ1) is 17.2. The summed E-state index contributed by atoms with van der Waals surface area (Å²) >= 11 is 0. The van der Waals surface area contributed by atoms with E-state index in [0.29, 0.717) is 18.6 Å². The summed E-state index contributed by atoms with van der Waals surface area (Å²) in [6.07, 6.45) is 4.98. The largest absolute Gasteiger partial charge is 0.450 e. The van der Waals surface area contributed by atoms with Crippen LogP contribution in [0, 0.1) is 5.92 Å². The van der Waals surface area contributed by atoms with E-state index in [2.05, 4.69) is 12.2 Å². The lowest BCUT2D eigenvalue weighted by Crippen LogP contribution is -2.46. The molecule has 1 aliphatic heterocycles. The maximum absolute atomic E-state index is 11.6. The fourth-order valence-electron chi connectivity index (χ4n) is 2.75. The minimum Gasteiger partial charge on any atom is -0.450 e. The van der Waals surface area contributed by atoms with Crippen LogP contribution in [0.5, 0.6) is 0 Å². The Labute approximate surface area is 122 Å². The number of carbonyl (C=O) groups excluding carboxylic acids is 1. The van der Waals surface area contributed by atoms with Gasteiger partial charge in [0.2, 0.25) is 0 Å². The van der Waals surface area contributed by atoms with E-state index in [0.717, 1.165) is 51.7 Å². The molecule has 0 radical (unpaired) electrons. The Balaban J connectivity index is 2.22. The number of hydrogen-bond donors (Lipinski definition) is 2. The zero-order chi connectivity index (χ0) is 14.8. The predicted octanol–water partition coefficient (Wildman–Crippen LogP) is 2.00. The van der Waals surface area contributed by atoms with E-state index in [1.54, 1.807) is 4.90 Å². The molecule has 20 heavy (non-hydrogen) atoms. The molecule has 0 bridgehead atoms. The van der Waals surface area contributed by atoms with E-state index in [-0.39, 0.29) is 12.7 Å². The molecule has 0 aromatic rings. The average molecular weight is 286 g/mol. The van der Waals surface area contributed by atoms with Crippen molar-refractivity contribution in [3.05, 3.63) is 0 Å². The molecule has 0 aliphatic carbocycles. The molecule has 1 aliphatic rings. The number of nitrogens with zero attached hydrogens (tertiary/aromatic N) is 1. The second kappa shape index (κ2) is 10.00. The van der Waals surface area contributed by atoms with Crippen LogP contribution in [0.15, 0.2) is 0 Å². The highest BCUT2D eigenvalue weighted by molar-refractivity contribution is 5.67. The summed E-state index contributed by atoms with van der Waals surface area (Å²) in [6.45, 7) is 7.25. The number of likely N-dealkylation sites (tertiary alicyclic amines) is 1. The highest BCUT2D eigenvalue weighted by Gasteiger charge is 2.23. The number of hydrogen-bond acceptors (Lipinski definition) is 4. The van der Waals surface area contributed by atoms with Crippen molar-refractivity contribution < 1.29 is 14.6 Å². The molecule has 1 rings (SSSR count). The third-order valence-corrected chi connectivity index (χ3v) is 3.95. The molecule has 1 atom stereocenters. The molecule has 0 aromatic carbocycles.